The average Bonchev–Trinajstić information content (AvgIpc) is 2.70. The third-order valence-electron chi connectivity index (χ3n) is 2.81. The van der Waals surface area contributed by atoms with Crippen molar-refractivity contribution in [2.24, 2.45) is 0 Å². The maximum atomic E-state index is 13.2. The zero-order valence-electron chi connectivity index (χ0n) is 10.5. The van der Waals surface area contributed by atoms with E-state index in [2.05, 4.69) is 0 Å². The number of carbonyl (C=O) groups is 1. The molecule has 0 bridgehead atoms. The third kappa shape index (κ3) is 3.00. The lowest BCUT2D eigenvalue weighted by atomic mass is 10.2. The summed E-state index contributed by atoms with van der Waals surface area (Å²) in [6, 6.07) is 6.25. The summed E-state index contributed by atoms with van der Waals surface area (Å²) in [6.45, 7) is 1.07. The van der Waals surface area contributed by atoms with Gasteiger partial charge in [-0.05, 0) is 30.3 Å². The molecule has 100 valence electrons. The number of methoxy groups -OCH3 is 1. The van der Waals surface area contributed by atoms with E-state index in [1.54, 1.807) is 19.2 Å². The van der Waals surface area contributed by atoms with Crippen LogP contribution >= 0.6 is 0 Å². The number of nitrogens with zero attached hydrogens (tertiary/aromatic N) is 1. The highest BCUT2D eigenvalue weighted by Gasteiger charge is 2.07. The molecule has 1 N–H and O–H groups in total. The van der Waals surface area contributed by atoms with Crippen LogP contribution in [0.5, 0.6) is 0 Å². The minimum absolute atomic E-state index is 0.315. The summed E-state index contributed by atoms with van der Waals surface area (Å²) in [5, 5.41) is 9.42. The standard InChI is InChI=1S/C14H14FNO3/c1-19-7-6-16-12(3-5-14(17)18)9-10-8-11(15)2-4-13(10)16/h2-5,8-9H,6-7H2,1H3,(H,17,18)/b5-3+. The van der Waals surface area contributed by atoms with Gasteiger partial charge in [0.15, 0.2) is 0 Å². The van der Waals surface area contributed by atoms with E-state index in [9.17, 15) is 9.18 Å². The second kappa shape index (κ2) is 5.67. The molecule has 4 nitrogen and oxygen atoms in total. The molecule has 1 heterocycles. The topological polar surface area (TPSA) is 51.5 Å². The first-order chi connectivity index (χ1) is 9.11. The Balaban J connectivity index is 2.50. The lowest BCUT2D eigenvalue weighted by Crippen LogP contribution is -2.05. The number of benzene rings is 1. The molecule has 0 unspecified atom stereocenters. The predicted molar refractivity (Wildman–Crippen MR) is 70.4 cm³/mol. The van der Waals surface area contributed by atoms with Gasteiger partial charge in [-0.1, -0.05) is 0 Å². The van der Waals surface area contributed by atoms with E-state index in [0.717, 1.165) is 17.0 Å². The van der Waals surface area contributed by atoms with Crippen molar-refractivity contribution >= 4 is 22.9 Å². The quantitative estimate of drug-likeness (QED) is 0.843. The van der Waals surface area contributed by atoms with Gasteiger partial charge in [-0.3, -0.25) is 0 Å². The van der Waals surface area contributed by atoms with Crippen LogP contribution in [-0.2, 0) is 16.1 Å². The minimum atomic E-state index is -1.02. The number of carboxylic acids is 1. The minimum Gasteiger partial charge on any atom is -0.478 e. The van der Waals surface area contributed by atoms with Gasteiger partial charge in [0.2, 0.25) is 0 Å². The van der Waals surface area contributed by atoms with Crippen LogP contribution in [0.4, 0.5) is 4.39 Å². The number of rotatable bonds is 5. The van der Waals surface area contributed by atoms with Crippen LogP contribution in [0.25, 0.3) is 17.0 Å². The van der Waals surface area contributed by atoms with E-state index in [1.807, 2.05) is 4.57 Å². The Labute approximate surface area is 109 Å². The first-order valence-electron chi connectivity index (χ1n) is 5.80. The Morgan fingerprint density at radius 3 is 2.95 bits per heavy atom. The Bertz CT molecular complexity index is 631. The average molecular weight is 263 g/mol. The van der Waals surface area contributed by atoms with Crippen LogP contribution in [0.2, 0.25) is 0 Å². The fourth-order valence-corrected chi connectivity index (χ4v) is 1.99. The van der Waals surface area contributed by atoms with Gasteiger partial charge in [0, 0.05) is 36.3 Å². The highest BCUT2D eigenvalue weighted by atomic mass is 19.1. The van der Waals surface area contributed by atoms with Gasteiger partial charge < -0.3 is 14.4 Å². The molecule has 0 saturated heterocycles. The molecule has 0 aliphatic heterocycles. The van der Waals surface area contributed by atoms with E-state index < -0.39 is 5.97 Å². The van der Waals surface area contributed by atoms with Crippen molar-refractivity contribution in [3.05, 3.63) is 41.9 Å². The SMILES string of the molecule is COCCn1c(/C=C/C(=O)O)cc2cc(F)ccc21. The molecule has 0 saturated carbocycles. The van der Waals surface area contributed by atoms with E-state index in [0.29, 0.717) is 18.8 Å². The second-order valence-electron chi connectivity index (χ2n) is 4.09. The second-order valence-corrected chi connectivity index (χ2v) is 4.09. The van der Waals surface area contributed by atoms with Crippen molar-refractivity contribution in [3.8, 4) is 0 Å². The molecule has 0 amide bonds. The molecule has 2 aromatic rings. The normalized spacial score (nSPS) is 11.5. The van der Waals surface area contributed by atoms with Crippen LogP contribution in [-0.4, -0.2) is 29.4 Å². The van der Waals surface area contributed by atoms with Gasteiger partial charge in [-0.2, -0.15) is 0 Å². The molecule has 0 atom stereocenters. The molecule has 1 aromatic heterocycles. The molecule has 1 aromatic carbocycles. The lowest BCUT2D eigenvalue weighted by Gasteiger charge is -2.07. The number of carboxylic acid groups (broad SMARTS) is 1. The van der Waals surface area contributed by atoms with Gasteiger partial charge in [-0.25, -0.2) is 9.18 Å². The van der Waals surface area contributed by atoms with Crippen LogP contribution in [0.1, 0.15) is 5.69 Å². The predicted octanol–water partition coefficient (Wildman–Crippen LogP) is 2.52. The molecule has 19 heavy (non-hydrogen) atoms. The Kier molecular flexibility index (Phi) is 3.97. The summed E-state index contributed by atoms with van der Waals surface area (Å²) < 4.78 is 20.1. The number of aromatic nitrogens is 1. The van der Waals surface area contributed by atoms with Crippen LogP contribution in [0.15, 0.2) is 30.3 Å². The molecule has 0 aliphatic rings. The summed E-state index contributed by atoms with van der Waals surface area (Å²) in [6.07, 6.45) is 2.56. The van der Waals surface area contributed by atoms with Gasteiger partial charge in [0.25, 0.3) is 0 Å². The smallest absolute Gasteiger partial charge is 0.328 e. The molecule has 0 spiro atoms. The van der Waals surface area contributed by atoms with Crippen molar-refractivity contribution in [1.82, 2.24) is 4.57 Å². The molecular formula is C14H14FNO3. The Morgan fingerprint density at radius 1 is 1.47 bits per heavy atom. The van der Waals surface area contributed by atoms with Crippen LogP contribution in [0, 0.1) is 5.82 Å². The molecule has 2 rings (SSSR count). The van der Waals surface area contributed by atoms with E-state index in [-0.39, 0.29) is 5.82 Å². The molecular weight excluding hydrogens is 249 g/mol. The van der Waals surface area contributed by atoms with Crippen molar-refractivity contribution in [3.63, 3.8) is 0 Å². The van der Waals surface area contributed by atoms with Crippen molar-refractivity contribution in [1.29, 1.82) is 0 Å². The van der Waals surface area contributed by atoms with Crippen molar-refractivity contribution < 1.29 is 19.0 Å². The highest BCUT2D eigenvalue weighted by Crippen LogP contribution is 2.22. The first kappa shape index (κ1) is 13.3. The summed E-state index contributed by atoms with van der Waals surface area (Å²) in [5.41, 5.74) is 1.56. The fraction of sp³-hybridized carbons (Fsp3) is 0.214. The number of ether oxygens (including phenoxy) is 1. The lowest BCUT2D eigenvalue weighted by molar-refractivity contribution is -0.131. The Morgan fingerprint density at radius 2 is 2.26 bits per heavy atom. The molecule has 0 fully saturated rings. The maximum absolute atomic E-state index is 13.2. The number of hydrogen-bond acceptors (Lipinski definition) is 2. The zero-order valence-corrected chi connectivity index (χ0v) is 10.5. The molecule has 0 radical (unpaired) electrons. The maximum Gasteiger partial charge on any atom is 0.328 e. The van der Waals surface area contributed by atoms with Crippen molar-refractivity contribution in [2.45, 2.75) is 6.54 Å². The number of hydrogen-bond donors (Lipinski definition) is 1. The number of fused-ring (bicyclic) bond motifs is 1. The summed E-state index contributed by atoms with van der Waals surface area (Å²) >= 11 is 0. The highest BCUT2D eigenvalue weighted by molar-refractivity contribution is 5.88. The fourth-order valence-electron chi connectivity index (χ4n) is 1.99. The largest absolute Gasteiger partial charge is 0.478 e. The van der Waals surface area contributed by atoms with Crippen LogP contribution in [0.3, 0.4) is 0 Å². The summed E-state index contributed by atoms with van der Waals surface area (Å²) in [5.74, 6) is -1.33. The summed E-state index contributed by atoms with van der Waals surface area (Å²) in [7, 11) is 1.60. The van der Waals surface area contributed by atoms with E-state index >= 15 is 0 Å². The Hall–Kier alpha value is -2.14. The molecule has 5 heteroatoms. The summed E-state index contributed by atoms with van der Waals surface area (Å²) in [4.78, 5) is 10.6. The van der Waals surface area contributed by atoms with Gasteiger partial charge in [0.1, 0.15) is 5.82 Å². The van der Waals surface area contributed by atoms with Gasteiger partial charge in [0.05, 0.1) is 6.61 Å². The van der Waals surface area contributed by atoms with Crippen LogP contribution < -0.4 is 0 Å². The molecule has 0 aliphatic carbocycles. The third-order valence-corrected chi connectivity index (χ3v) is 2.81. The van der Waals surface area contributed by atoms with Crippen molar-refractivity contribution in [2.75, 3.05) is 13.7 Å². The van der Waals surface area contributed by atoms with Gasteiger partial charge in [-0.15, -0.1) is 0 Å². The van der Waals surface area contributed by atoms with Gasteiger partial charge >= 0.3 is 5.97 Å². The first-order valence-corrected chi connectivity index (χ1v) is 5.80. The van der Waals surface area contributed by atoms with E-state index in [4.69, 9.17) is 9.84 Å². The zero-order chi connectivity index (χ0) is 13.8. The number of aliphatic carboxylic acids is 1. The monoisotopic (exact) mass is 263 g/mol. The van der Waals surface area contributed by atoms with E-state index in [1.165, 1.54) is 18.2 Å². The number of halogens is 1.